The largest absolute Gasteiger partial charge is 0.294 e. The lowest BCUT2D eigenvalue weighted by atomic mass is 10.1. The molecule has 0 saturated heterocycles. The molecule has 0 fully saturated rings. The van der Waals surface area contributed by atoms with Crippen LogP contribution in [0.25, 0.3) is 0 Å². The Morgan fingerprint density at radius 1 is 1.25 bits per heavy atom. The van der Waals surface area contributed by atoms with Gasteiger partial charge in [-0.2, -0.15) is 5.10 Å². The lowest BCUT2D eigenvalue weighted by Gasteiger charge is -2.08. The number of carbonyl (C=O) groups is 1. The van der Waals surface area contributed by atoms with E-state index in [-0.39, 0.29) is 12.2 Å². The van der Waals surface area contributed by atoms with Crippen LogP contribution in [0.5, 0.6) is 0 Å². The van der Waals surface area contributed by atoms with Crippen LogP contribution < -0.4 is 0 Å². The minimum atomic E-state index is -0.0765. The molecule has 0 spiro atoms. The van der Waals surface area contributed by atoms with E-state index >= 15 is 0 Å². The Bertz CT molecular complexity index is 602. The molecule has 1 aromatic heterocycles. The molecule has 0 amide bonds. The fraction of sp³-hybridized carbons (Fsp3) is 0.357. The van der Waals surface area contributed by atoms with Crippen LogP contribution in [0.2, 0.25) is 10.0 Å². The first-order valence-electron chi connectivity index (χ1n) is 6.31. The second-order valence-electron chi connectivity index (χ2n) is 5.01. The average Bonchev–Trinajstić information content (AvgIpc) is 2.74. The Morgan fingerprint density at radius 2 is 1.90 bits per heavy atom. The van der Waals surface area contributed by atoms with Crippen molar-refractivity contribution >= 4 is 29.0 Å². The fourth-order valence-electron chi connectivity index (χ4n) is 1.88. The number of aromatic nitrogens is 3. The van der Waals surface area contributed by atoms with Crippen molar-refractivity contribution in [3.05, 3.63) is 46.0 Å². The molecule has 1 heterocycles. The van der Waals surface area contributed by atoms with E-state index in [0.717, 1.165) is 6.54 Å². The van der Waals surface area contributed by atoms with Crippen LogP contribution in [0.4, 0.5) is 0 Å². The van der Waals surface area contributed by atoms with Gasteiger partial charge in [-0.15, -0.1) is 0 Å². The normalized spacial score (nSPS) is 11.1. The van der Waals surface area contributed by atoms with Gasteiger partial charge in [0.15, 0.2) is 5.78 Å². The van der Waals surface area contributed by atoms with Gasteiger partial charge in [0.05, 0.1) is 6.42 Å². The molecular formula is C14H15Cl2N3O. The molecular weight excluding hydrogens is 297 g/mol. The van der Waals surface area contributed by atoms with Gasteiger partial charge < -0.3 is 0 Å². The third kappa shape index (κ3) is 3.81. The summed E-state index contributed by atoms with van der Waals surface area (Å²) in [7, 11) is 0. The van der Waals surface area contributed by atoms with Gasteiger partial charge in [-0.3, -0.25) is 4.79 Å². The van der Waals surface area contributed by atoms with Crippen molar-refractivity contribution in [2.24, 2.45) is 5.92 Å². The van der Waals surface area contributed by atoms with Gasteiger partial charge in [-0.05, 0) is 24.1 Å². The zero-order valence-electron chi connectivity index (χ0n) is 11.3. The maximum atomic E-state index is 12.3. The second-order valence-corrected chi connectivity index (χ2v) is 5.88. The maximum absolute atomic E-state index is 12.3. The summed E-state index contributed by atoms with van der Waals surface area (Å²) in [5.74, 6) is 1.01. The smallest absolute Gasteiger partial charge is 0.170 e. The van der Waals surface area contributed by atoms with Crippen molar-refractivity contribution in [1.29, 1.82) is 0 Å². The number of Topliss-reactive ketones (excluding diaryl/α,β-unsaturated/α-hetero) is 1. The highest BCUT2D eigenvalue weighted by atomic mass is 35.5. The molecule has 0 aliphatic heterocycles. The Kier molecular flexibility index (Phi) is 4.78. The first-order chi connectivity index (χ1) is 9.45. The van der Waals surface area contributed by atoms with Gasteiger partial charge in [0.25, 0.3) is 0 Å². The number of hydrogen-bond donors (Lipinski definition) is 0. The summed E-state index contributed by atoms with van der Waals surface area (Å²) < 4.78 is 1.76. The molecule has 0 saturated carbocycles. The predicted octanol–water partition coefficient (Wildman–Crippen LogP) is 3.67. The summed E-state index contributed by atoms with van der Waals surface area (Å²) in [5.41, 5.74) is 0.488. The van der Waals surface area contributed by atoms with Crippen molar-refractivity contribution in [3.8, 4) is 0 Å². The Hall–Kier alpha value is -1.39. The molecule has 0 radical (unpaired) electrons. The van der Waals surface area contributed by atoms with Crippen molar-refractivity contribution < 1.29 is 4.79 Å². The molecule has 2 aromatic rings. The molecule has 0 unspecified atom stereocenters. The van der Waals surface area contributed by atoms with Crippen molar-refractivity contribution in [2.45, 2.75) is 26.8 Å². The lowest BCUT2D eigenvalue weighted by molar-refractivity contribution is 0.0989. The summed E-state index contributed by atoms with van der Waals surface area (Å²) in [5, 5.41) is 5.04. The first kappa shape index (κ1) is 15.0. The van der Waals surface area contributed by atoms with E-state index in [2.05, 4.69) is 23.9 Å². The number of ketones is 1. The molecule has 20 heavy (non-hydrogen) atoms. The van der Waals surface area contributed by atoms with E-state index in [1.807, 2.05) is 0 Å². The molecule has 0 N–H and O–H groups in total. The van der Waals surface area contributed by atoms with E-state index in [0.29, 0.717) is 27.4 Å². The summed E-state index contributed by atoms with van der Waals surface area (Å²) >= 11 is 11.8. The number of hydrogen-bond acceptors (Lipinski definition) is 3. The Morgan fingerprint density at radius 3 is 2.50 bits per heavy atom. The molecule has 0 aliphatic carbocycles. The molecule has 1 aromatic carbocycles. The van der Waals surface area contributed by atoms with E-state index in [9.17, 15) is 4.79 Å². The quantitative estimate of drug-likeness (QED) is 0.792. The molecule has 6 heteroatoms. The second kappa shape index (κ2) is 6.37. The van der Waals surface area contributed by atoms with Gasteiger partial charge in [-0.25, -0.2) is 9.67 Å². The minimum Gasteiger partial charge on any atom is -0.294 e. The van der Waals surface area contributed by atoms with Crippen LogP contribution in [0.1, 0.15) is 30.0 Å². The van der Waals surface area contributed by atoms with Crippen molar-refractivity contribution in [3.63, 3.8) is 0 Å². The van der Waals surface area contributed by atoms with E-state index in [1.54, 1.807) is 22.9 Å². The van der Waals surface area contributed by atoms with Gasteiger partial charge in [0.2, 0.25) is 0 Å². The van der Waals surface area contributed by atoms with E-state index < -0.39 is 0 Å². The Balaban J connectivity index is 2.17. The van der Waals surface area contributed by atoms with Gasteiger partial charge >= 0.3 is 0 Å². The summed E-state index contributed by atoms with van der Waals surface area (Å²) in [6, 6.07) is 4.82. The fourth-order valence-corrected chi connectivity index (χ4v) is 2.41. The molecule has 0 aliphatic rings. The summed E-state index contributed by atoms with van der Waals surface area (Å²) in [6.45, 7) is 4.91. The van der Waals surface area contributed by atoms with Crippen LogP contribution in [-0.4, -0.2) is 20.5 Å². The number of halogens is 2. The third-order valence-electron chi connectivity index (χ3n) is 2.74. The molecule has 0 atom stereocenters. The minimum absolute atomic E-state index is 0.0765. The topological polar surface area (TPSA) is 47.8 Å². The zero-order valence-corrected chi connectivity index (χ0v) is 12.8. The van der Waals surface area contributed by atoms with Gasteiger partial charge in [0.1, 0.15) is 12.2 Å². The zero-order chi connectivity index (χ0) is 14.7. The number of carbonyl (C=O) groups excluding carboxylic acids is 1. The highest BCUT2D eigenvalue weighted by molar-refractivity contribution is 6.35. The number of nitrogens with zero attached hydrogens (tertiary/aromatic N) is 3. The van der Waals surface area contributed by atoms with Gasteiger partial charge in [-0.1, -0.05) is 37.0 Å². The van der Waals surface area contributed by atoms with Crippen LogP contribution in [0, 0.1) is 5.92 Å². The van der Waals surface area contributed by atoms with Crippen LogP contribution in [-0.2, 0) is 13.0 Å². The molecule has 0 bridgehead atoms. The predicted molar refractivity (Wildman–Crippen MR) is 79.4 cm³/mol. The maximum Gasteiger partial charge on any atom is 0.170 e. The standard InChI is InChI=1S/C14H15Cl2N3O/c1-9(2)7-19-14(17-8-18-19)6-13(20)10-3-11(15)5-12(16)4-10/h3-5,8-9H,6-7H2,1-2H3. The Labute approximate surface area is 127 Å². The summed E-state index contributed by atoms with van der Waals surface area (Å²) in [4.78, 5) is 16.4. The first-order valence-corrected chi connectivity index (χ1v) is 7.07. The summed E-state index contributed by atoms with van der Waals surface area (Å²) in [6.07, 6.45) is 1.65. The van der Waals surface area contributed by atoms with Crippen LogP contribution >= 0.6 is 23.2 Å². The van der Waals surface area contributed by atoms with Crippen LogP contribution in [0.3, 0.4) is 0 Å². The van der Waals surface area contributed by atoms with Crippen LogP contribution in [0.15, 0.2) is 24.5 Å². The molecule has 2 rings (SSSR count). The SMILES string of the molecule is CC(C)Cn1ncnc1CC(=O)c1cc(Cl)cc(Cl)c1. The number of rotatable bonds is 5. The van der Waals surface area contributed by atoms with Crippen molar-refractivity contribution in [2.75, 3.05) is 0 Å². The highest BCUT2D eigenvalue weighted by Gasteiger charge is 2.14. The molecule has 106 valence electrons. The molecule has 4 nitrogen and oxygen atoms in total. The monoisotopic (exact) mass is 311 g/mol. The lowest BCUT2D eigenvalue weighted by Crippen LogP contribution is -2.14. The van der Waals surface area contributed by atoms with E-state index in [4.69, 9.17) is 23.2 Å². The highest BCUT2D eigenvalue weighted by Crippen LogP contribution is 2.20. The average molecular weight is 312 g/mol. The van der Waals surface area contributed by atoms with E-state index in [1.165, 1.54) is 6.33 Å². The van der Waals surface area contributed by atoms with Gasteiger partial charge in [0, 0.05) is 22.2 Å². The third-order valence-corrected chi connectivity index (χ3v) is 3.17. The van der Waals surface area contributed by atoms with Crippen molar-refractivity contribution in [1.82, 2.24) is 14.8 Å². The number of benzene rings is 1.